The zero-order valence-electron chi connectivity index (χ0n) is 10.4. The standard InChI is InChI=1S/C13H20N2O2S/c14-12(11-5-3-9-18-11)13(17)15-7-2-1-4-10(15)6-8-16/h3,5,9-10,12,16H,1-2,4,6-8,14H2. The third kappa shape index (κ3) is 2.91. The number of piperidine rings is 1. The minimum atomic E-state index is -0.552. The van der Waals surface area contributed by atoms with Gasteiger partial charge in [-0.15, -0.1) is 11.3 Å². The fourth-order valence-corrected chi connectivity index (χ4v) is 3.23. The van der Waals surface area contributed by atoms with Crippen molar-refractivity contribution in [2.45, 2.75) is 37.8 Å². The van der Waals surface area contributed by atoms with Gasteiger partial charge in [0.2, 0.25) is 5.91 Å². The molecule has 1 saturated heterocycles. The molecule has 18 heavy (non-hydrogen) atoms. The molecule has 5 heteroatoms. The predicted octanol–water partition coefficient (Wildman–Crippen LogP) is 1.51. The molecule has 2 atom stereocenters. The summed E-state index contributed by atoms with van der Waals surface area (Å²) in [7, 11) is 0. The van der Waals surface area contributed by atoms with Crippen LogP contribution in [0.2, 0.25) is 0 Å². The monoisotopic (exact) mass is 268 g/mol. The van der Waals surface area contributed by atoms with Gasteiger partial charge in [-0.25, -0.2) is 0 Å². The number of hydrogen-bond acceptors (Lipinski definition) is 4. The van der Waals surface area contributed by atoms with Gasteiger partial charge in [-0.3, -0.25) is 4.79 Å². The van der Waals surface area contributed by atoms with E-state index in [0.717, 1.165) is 30.7 Å². The first kappa shape index (κ1) is 13.5. The zero-order chi connectivity index (χ0) is 13.0. The lowest BCUT2D eigenvalue weighted by atomic mass is 9.98. The SMILES string of the molecule is NC(C(=O)N1CCCCC1CCO)c1cccs1. The maximum absolute atomic E-state index is 12.4. The van der Waals surface area contributed by atoms with Gasteiger partial charge in [0, 0.05) is 24.1 Å². The van der Waals surface area contributed by atoms with Crippen LogP contribution in [0.25, 0.3) is 0 Å². The average Bonchev–Trinajstić information content (AvgIpc) is 2.92. The molecule has 4 nitrogen and oxygen atoms in total. The Kier molecular flexibility index (Phi) is 4.74. The summed E-state index contributed by atoms with van der Waals surface area (Å²) in [5.41, 5.74) is 6.03. The van der Waals surface area contributed by atoms with Crippen molar-refractivity contribution in [3.63, 3.8) is 0 Å². The lowest BCUT2D eigenvalue weighted by Crippen LogP contribution is -2.47. The number of likely N-dealkylation sites (tertiary alicyclic amines) is 1. The number of aliphatic hydroxyl groups excluding tert-OH is 1. The number of carbonyl (C=O) groups is 1. The second-order valence-corrected chi connectivity index (χ2v) is 5.67. The number of nitrogens with two attached hydrogens (primary N) is 1. The molecular weight excluding hydrogens is 248 g/mol. The van der Waals surface area contributed by atoms with E-state index in [-0.39, 0.29) is 18.6 Å². The van der Waals surface area contributed by atoms with Crippen molar-refractivity contribution < 1.29 is 9.90 Å². The summed E-state index contributed by atoms with van der Waals surface area (Å²) in [5, 5.41) is 11.0. The van der Waals surface area contributed by atoms with E-state index in [9.17, 15) is 4.79 Å². The van der Waals surface area contributed by atoms with Gasteiger partial charge in [0.15, 0.2) is 0 Å². The highest BCUT2D eigenvalue weighted by atomic mass is 32.1. The molecule has 0 radical (unpaired) electrons. The van der Waals surface area contributed by atoms with Gasteiger partial charge in [-0.05, 0) is 37.1 Å². The summed E-state index contributed by atoms with van der Waals surface area (Å²) >= 11 is 1.52. The highest BCUT2D eigenvalue weighted by Gasteiger charge is 2.30. The molecule has 1 amide bonds. The molecule has 3 N–H and O–H groups in total. The van der Waals surface area contributed by atoms with Crippen molar-refractivity contribution in [2.75, 3.05) is 13.2 Å². The maximum atomic E-state index is 12.4. The quantitative estimate of drug-likeness (QED) is 0.870. The third-order valence-corrected chi connectivity index (χ3v) is 4.44. The van der Waals surface area contributed by atoms with Crippen LogP contribution in [-0.2, 0) is 4.79 Å². The lowest BCUT2D eigenvalue weighted by molar-refractivity contribution is -0.136. The average molecular weight is 268 g/mol. The summed E-state index contributed by atoms with van der Waals surface area (Å²) in [6, 6.07) is 3.42. The molecule has 0 spiro atoms. The smallest absolute Gasteiger partial charge is 0.245 e. The van der Waals surface area contributed by atoms with Crippen molar-refractivity contribution in [1.82, 2.24) is 4.90 Å². The van der Waals surface area contributed by atoms with E-state index in [4.69, 9.17) is 10.8 Å². The lowest BCUT2D eigenvalue weighted by Gasteiger charge is -2.37. The molecule has 1 aromatic heterocycles. The molecular formula is C13H20N2O2S. The van der Waals surface area contributed by atoms with E-state index < -0.39 is 6.04 Å². The maximum Gasteiger partial charge on any atom is 0.245 e. The second kappa shape index (κ2) is 6.31. The zero-order valence-corrected chi connectivity index (χ0v) is 11.2. The van der Waals surface area contributed by atoms with E-state index in [1.165, 1.54) is 11.3 Å². The van der Waals surface area contributed by atoms with Gasteiger partial charge in [0.05, 0.1) is 0 Å². The molecule has 1 aliphatic rings. The minimum Gasteiger partial charge on any atom is -0.396 e. The molecule has 2 unspecified atom stereocenters. The predicted molar refractivity (Wildman–Crippen MR) is 72.3 cm³/mol. The normalized spacial score (nSPS) is 21.9. The van der Waals surface area contributed by atoms with Gasteiger partial charge in [0.1, 0.15) is 6.04 Å². The molecule has 1 aromatic rings. The van der Waals surface area contributed by atoms with Crippen molar-refractivity contribution in [3.05, 3.63) is 22.4 Å². The summed E-state index contributed by atoms with van der Waals surface area (Å²) < 4.78 is 0. The van der Waals surface area contributed by atoms with Crippen LogP contribution in [-0.4, -0.2) is 35.1 Å². The Morgan fingerprint density at radius 2 is 2.44 bits per heavy atom. The van der Waals surface area contributed by atoms with Gasteiger partial charge < -0.3 is 15.7 Å². The van der Waals surface area contributed by atoms with Crippen LogP contribution in [0.1, 0.15) is 36.6 Å². The van der Waals surface area contributed by atoms with E-state index in [1.807, 2.05) is 22.4 Å². The van der Waals surface area contributed by atoms with Crippen LogP contribution in [0.3, 0.4) is 0 Å². The fourth-order valence-electron chi connectivity index (χ4n) is 2.51. The van der Waals surface area contributed by atoms with Crippen LogP contribution >= 0.6 is 11.3 Å². The Labute approximate surface area is 111 Å². The van der Waals surface area contributed by atoms with Crippen molar-refractivity contribution in [1.29, 1.82) is 0 Å². The number of carbonyl (C=O) groups excluding carboxylic acids is 1. The Bertz CT molecular complexity index is 378. The van der Waals surface area contributed by atoms with E-state index in [1.54, 1.807) is 0 Å². The number of rotatable bonds is 4. The summed E-state index contributed by atoms with van der Waals surface area (Å²) in [6.07, 6.45) is 3.79. The molecule has 2 rings (SSSR count). The first-order valence-electron chi connectivity index (χ1n) is 6.44. The molecule has 1 fully saturated rings. The van der Waals surface area contributed by atoms with E-state index in [0.29, 0.717) is 6.42 Å². The van der Waals surface area contributed by atoms with Crippen LogP contribution in [0.4, 0.5) is 0 Å². The van der Waals surface area contributed by atoms with Gasteiger partial charge in [-0.1, -0.05) is 6.07 Å². The van der Waals surface area contributed by atoms with Crippen LogP contribution in [0, 0.1) is 0 Å². The van der Waals surface area contributed by atoms with Gasteiger partial charge in [0.25, 0.3) is 0 Å². The Morgan fingerprint density at radius 1 is 1.61 bits per heavy atom. The largest absolute Gasteiger partial charge is 0.396 e. The summed E-state index contributed by atoms with van der Waals surface area (Å²) in [4.78, 5) is 15.2. The first-order chi connectivity index (χ1) is 8.74. The second-order valence-electron chi connectivity index (χ2n) is 4.69. The third-order valence-electron chi connectivity index (χ3n) is 3.49. The van der Waals surface area contributed by atoms with E-state index in [2.05, 4.69) is 0 Å². The molecule has 100 valence electrons. The molecule has 0 aromatic carbocycles. The highest BCUT2D eigenvalue weighted by molar-refractivity contribution is 7.10. The van der Waals surface area contributed by atoms with Crippen LogP contribution < -0.4 is 5.73 Å². The summed E-state index contributed by atoms with van der Waals surface area (Å²) in [5.74, 6) is -0.00407. The van der Waals surface area contributed by atoms with Crippen LogP contribution in [0.15, 0.2) is 17.5 Å². The van der Waals surface area contributed by atoms with Crippen LogP contribution in [0.5, 0.6) is 0 Å². The topological polar surface area (TPSA) is 66.6 Å². The number of aliphatic hydroxyl groups is 1. The fraction of sp³-hybridized carbons (Fsp3) is 0.615. The number of thiophene rings is 1. The first-order valence-corrected chi connectivity index (χ1v) is 7.32. The Hall–Kier alpha value is -0.910. The molecule has 2 heterocycles. The Balaban J connectivity index is 2.06. The molecule has 0 bridgehead atoms. The summed E-state index contributed by atoms with van der Waals surface area (Å²) in [6.45, 7) is 0.894. The molecule has 1 aliphatic heterocycles. The molecule has 0 aliphatic carbocycles. The Morgan fingerprint density at radius 3 is 3.11 bits per heavy atom. The van der Waals surface area contributed by atoms with Gasteiger partial charge >= 0.3 is 0 Å². The number of amides is 1. The minimum absolute atomic E-state index is 0.00407. The molecule has 0 saturated carbocycles. The van der Waals surface area contributed by atoms with Crippen molar-refractivity contribution in [3.8, 4) is 0 Å². The highest BCUT2D eigenvalue weighted by Crippen LogP contribution is 2.25. The van der Waals surface area contributed by atoms with Crippen molar-refractivity contribution >= 4 is 17.2 Å². The number of nitrogens with zero attached hydrogens (tertiary/aromatic N) is 1. The van der Waals surface area contributed by atoms with E-state index >= 15 is 0 Å². The number of hydrogen-bond donors (Lipinski definition) is 2. The van der Waals surface area contributed by atoms with Crippen molar-refractivity contribution in [2.24, 2.45) is 5.73 Å². The van der Waals surface area contributed by atoms with Gasteiger partial charge in [-0.2, -0.15) is 0 Å².